The number of hydrogen-bond acceptors (Lipinski definition) is 5. The van der Waals surface area contributed by atoms with Crippen molar-refractivity contribution in [2.24, 2.45) is 0 Å². The molecule has 0 radical (unpaired) electrons. The number of alkyl halides is 1. The van der Waals surface area contributed by atoms with Crippen LogP contribution in [-0.2, 0) is 4.74 Å². The Morgan fingerprint density at radius 2 is 2.38 bits per heavy atom. The molecular formula is C9H14ClN3O2S. The normalized spacial score (nSPS) is 10.4. The zero-order chi connectivity index (χ0) is 11.8. The number of rotatable bonds is 7. The van der Waals surface area contributed by atoms with Crippen LogP contribution in [-0.4, -0.2) is 41.1 Å². The first-order chi connectivity index (χ1) is 7.75. The van der Waals surface area contributed by atoms with Gasteiger partial charge in [-0.1, -0.05) is 4.49 Å². The van der Waals surface area contributed by atoms with Gasteiger partial charge in [-0.05, 0) is 24.9 Å². The molecule has 1 N–H and O–H groups in total. The first-order valence-electron chi connectivity index (χ1n) is 4.96. The highest BCUT2D eigenvalue weighted by atomic mass is 35.5. The lowest BCUT2D eigenvalue weighted by Crippen LogP contribution is -2.25. The Hall–Kier alpha value is -0.720. The van der Waals surface area contributed by atoms with Crippen LogP contribution in [0.25, 0.3) is 0 Å². The third-order valence-corrected chi connectivity index (χ3v) is 2.81. The maximum atomic E-state index is 11.6. The average molecular weight is 264 g/mol. The molecule has 90 valence electrons. The minimum Gasteiger partial charge on any atom is -0.380 e. The molecule has 5 nitrogen and oxygen atoms in total. The lowest BCUT2D eigenvalue weighted by Gasteiger charge is -2.04. The van der Waals surface area contributed by atoms with Crippen LogP contribution in [0.4, 0.5) is 0 Å². The first-order valence-corrected chi connectivity index (χ1v) is 6.27. The molecule has 1 aromatic heterocycles. The summed E-state index contributed by atoms with van der Waals surface area (Å²) >= 11 is 6.55. The molecule has 1 aromatic rings. The number of nitrogens with one attached hydrogen (secondary N) is 1. The molecule has 0 aliphatic heterocycles. The van der Waals surface area contributed by atoms with E-state index in [9.17, 15) is 4.79 Å². The SMILES string of the molecule is Cc1nnsc1C(=O)NCCCOCCCl. The van der Waals surface area contributed by atoms with E-state index >= 15 is 0 Å². The summed E-state index contributed by atoms with van der Waals surface area (Å²) < 4.78 is 8.88. The number of carbonyl (C=O) groups is 1. The molecule has 1 amide bonds. The fourth-order valence-corrected chi connectivity index (χ4v) is 1.73. The standard InChI is InChI=1S/C9H14ClN3O2S/c1-7-8(16-13-12-7)9(14)11-4-2-5-15-6-3-10/h2-6H2,1H3,(H,11,14). The Kier molecular flexibility index (Phi) is 6.29. The molecule has 0 saturated heterocycles. The van der Waals surface area contributed by atoms with Crippen molar-refractivity contribution in [3.63, 3.8) is 0 Å². The van der Waals surface area contributed by atoms with Gasteiger partial charge in [0.1, 0.15) is 4.88 Å². The Balaban J connectivity index is 2.14. The third-order valence-electron chi connectivity index (χ3n) is 1.83. The van der Waals surface area contributed by atoms with Crippen LogP contribution in [0, 0.1) is 6.92 Å². The van der Waals surface area contributed by atoms with Crippen LogP contribution >= 0.6 is 23.1 Å². The summed E-state index contributed by atoms with van der Waals surface area (Å²) in [6.07, 6.45) is 0.772. The van der Waals surface area contributed by atoms with Crippen LogP contribution in [0.15, 0.2) is 0 Å². The summed E-state index contributed by atoms with van der Waals surface area (Å²) in [5, 5.41) is 6.56. The monoisotopic (exact) mass is 263 g/mol. The first kappa shape index (κ1) is 13.3. The van der Waals surface area contributed by atoms with Crippen molar-refractivity contribution in [3.8, 4) is 0 Å². The number of hydrogen-bond donors (Lipinski definition) is 1. The van der Waals surface area contributed by atoms with Gasteiger partial charge < -0.3 is 10.1 Å². The zero-order valence-corrected chi connectivity index (χ0v) is 10.6. The van der Waals surface area contributed by atoms with Gasteiger partial charge in [0.15, 0.2) is 0 Å². The molecule has 0 aliphatic rings. The summed E-state index contributed by atoms with van der Waals surface area (Å²) in [6.45, 7) is 3.50. The Morgan fingerprint density at radius 1 is 1.56 bits per heavy atom. The molecule has 1 rings (SSSR count). The highest BCUT2D eigenvalue weighted by Gasteiger charge is 2.11. The van der Waals surface area contributed by atoms with Gasteiger partial charge in [-0.3, -0.25) is 4.79 Å². The highest BCUT2D eigenvalue weighted by Crippen LogP contribution is 2.07. The molecule has 0 saturated carbocycles. The molecule has 0 aliphatic carbocycles. The second kappa shape index (κ2) is 7.54. The number of amides is 1. The molecule has 0 aromatic carbocycles. The van der Waals surface area contributed by atoms with Gasteiger partial charge in [0.25, 0.3) is 5.91 Å². The fourth-order valence-electron chi connectivity index (χ4n) is 1.05. The second-order valence-electron chi connectivity index (χ2n) is 3.10. The van der Waals surface area contributed by atoms with Gasteiger partial charge in [0.05, 0.1) is 12.3 Å². The number of nitrogens with zero attached hydrogens (tertiary/aromatic N) is 2. The number of aryl methyl sites for hydroxylation is 1. The highest BCUT2D eigenvalue weighted by molar-refractivity contribution is 7.07. The van der Waals surface area contributed by atoms with E-state index in [2.05, 4.69) is 14.9 Å². The van der Waals surface area contributed by atoms with Gasteiger partial charge in [-0.15, -0.1) is 16.7 Å². The molecule has 16 heavy (non-hydrogen) atoms. The summed E-state index contributed by atoms with van der Waals surface area (Å²) in [7, 11) is 0. The Labute approximate surface area is 103 Å². The van der Waals surface area contributed by atoms with E-state index in [1.54, 1.807) is 6.92 Å². The topological polar surface area (TPSA) is 64.1 Å². The van der Waals surface area contributed by atoms with E-state index in [0.29, 0.717) is 36.2 Å². The van der Waals surface area contributed by atoms with Gasteiger partial charge in [-0.25, -0.2) is 0 Å². The largest absolute Gasteiger partial charge is 0.380 e. The number of halogens is 1. The van der Waals surface area contributed by atoms with Gasteiger partial charge >= 0.3 is 0 Å². The van der Waals surface area contributed by atoms with Crippen LogP contribution < -0.4 is 5.32 Å². The minimum absolute atomic E-state index is 0.121. The predicted octanol–water partition coefficient (Wildman–Crippen LogP) is 1.22. The molecular weight excluding hydrogens is 250 g/mol. The molecule has 0 spiro atoms. The maximum absolute atomic E-state index is 11.6. The van der Waals surface area contributed by atoms with Gasteiger partial charge in [0.2, 0.25) is 0 Å². The number of aromatic nitrogens is 2. The second-order valence-corrected chi connectivity index (χ2v) is 4.23. The van der Waals surface area contributed by atoms with Crippen molar-refractivity contribution in [2.45, 2.75) is 13.3 Å². The molecule has 0 fully saturated rings. The fraction of sp³-hybridized carbons (Fsp3) is 0.667. The molecule has 0 bridgehead atoms. The van der Waals surface area contributed by atoms with E-state index < -0.39 is 0 Å². The average Bonchev–Trinajstić information content (AvgIpc) is 2.69. The van der Waals surface area contributed by atoms with E-state index in [0.717, 1.165) is 18.0 Å². The quantitative estimate of drug-likeness (QED) is 0.594. The number of carbonyl (C=O) groups excluding carboxylic acids is 1. The minimum atomic E-state index is -0.121. The van der Waals surface area contributed by atoms with Crippen molar-refractivity contribution in [1.29, 1.82) is 0 Å². The van der Waals surface area contributed by atoms with Crippen LogP contribution in [0.2, 0.25) is 0 Å². The van der Waals surface area contributed by atoms with Crippen molar-refractivity contribution >= 4 is 29.0 Å². The maximum Gasteiger partial charge on any atom is 0.264 e. The lowest BCUT2D eigenvalue weighted by atomic mass is 10.3. The smallest absolute Gasteiger partial charge is 0.264 e. The third kappa shape index (κ3) is 4.42. The Morgan fingerprint density at radius 3 is 3.00 bits per heavy atom. The van der Waals surface area contributed by atoms with E-state index in [1.165, 1.54) is 0 Å². The lowest BCUT2D eigenvalue weighted by molar-refractivity contribution is 0.0947. The molecule has 7 heteroatoms. The van der Waals surface area contributed by atoms with E-state index in [1.807, 2.05) is 0 Å². The molecule has 0 unspecified atom stereocenters. The van der Waals surface area contributed by atoms with Crippen molar-refractivity contribution in [2.75, 3.05) is 25.6 Å². The summed E-state index contributed by atoms with van der Waals surface area (Å²) in [6, 6.07) is 0. The number of ether oxygens (including phenoxy) is 1. The van der Waals surface area contributed by atoms with Crippen molar-refractivity contribution in [3.05, 3.63) is 10.6 Å². The summed E-state index contributed by atoms with van der Waals surface area (Å²) in [4.78, 5) is 12.1. The van der Waals surface area contributed by atoms with Crippen LogP contribution in [0.3, 0.4) is 0 Å². The molecule has 0 atom stereocenters. The molecule has 1 heterocycles. The van der Waals surface area contributed by atoms with Crippen molar-refractivity contribution in [1.82, 2.24) is 14.9 Å². The van der Waals surface area contributed by atoms with Gasteiger partial charge in [0, 0.05) is 19.0 Å². The van der Waals surface area contributed by atoms with E-state index in [-0.39, 0.29) is 5.91 Å². The van der Waals surface area contributed by atoms with Crippen LogP contribution in [0.1, 0.15) is 21.8 Å². The van der Waals surface area contributed by atoms with E-state index in [4.69, 9.17) is 16.3 Å². The summed E-state index contributed by atoms with van der Waals surface area (Å²) in [5.41, 5.74) is 0.667. The van der Waals surface area contributed by atoms with Gasteiger partial charge in [-0.2, -0.15) is 0 Å². The summed E-state index contributed by atoms with van der Waals surface area (Å²) in [5.74, 6) is 0.378. The van der Waals surface area contributed by atoms with Crippen molar-refractivity contribution < 1.29 is 9.53 Å². The predicted molar refractivity (Wildman–Crippen MR) is 63.1 cm³/mol. The zero-order valence-electron chi connectivity index (χ0n) is 9.03. The van der Waals surface area contributed by atoms with Crippen LogP contribution in [0.5, 0.6) is 0 Å². The Bertz CT molecular complexity index is 332.